The van der Waals surface area contributed by atoms with Crippen LogP contribution in [-0.4, -0.2) is 182 Å². The number of unbranched alkanes of at least 4 members (excludes halogenated alkanes) is 1. The molecule has 0 aliphatic rings. The van der Waals surface area contributed by atoms with Gasteiger partial charge in [-0.05, 0) is 129 Å². The second kappa shape index (κ2) is 39.9. The number of H-pyrrole nitrogens is 5. The van der Waals surface area contributed by atoms with Gasteiger partial charge < -0.3 is 117 Å². The third-order valence-electron chi connectivity index (χ3n) is 19.8. The summed E-state index contributed by atoms with van der Waals surface area (Å²) in [6.07, 6.45) is 8.74. The van der Waals surface area contributed by atoms with E-state index in [1.54, 1.807) is 55.2 Å². The van der Waals surface area contributed by atoms with Gasteiger partial charge in [-0.2, -0.15) is 0 Å². The number of fused-ring (bicyclic) bond motifs is 5. The summed E-state index contributed by atoms with van der Waals surface area (Å²) in [4.78, 5) is 150. The van der Waals surface area contributed by atoms with Gasteiger partial charge in [-0.25, -0.2) is 4.79 Å². The van der Waals surface area contributed by atoms with Crippen LogP contribution in [0.1, 0.15) is 85.6 Å². The van der Waals surface area contributed by atoms with E-state index < -0.39 is 108 Å². The van der Waals surface area contributed by atoms with Gasteiger partial charge in [0.1, 0.15) is 48.3 Å². The van der Waals surface area contributed by atoms with Gasteiger partial charge in [0.15, 0.2) is 17.9 Å². The Labute approximate surface area is 649 Å². The first-order valence-corrected chi connectivity index (χ1v) is 37.6. The molecule has 5 heterocycles. The predicted octanol–water partition coefficient (Wildman–Crippen LogP) is 1.82. The van der Waals surface area contributed by atoms with Crippen molar-refractivity contribution in [3.05, 3.63) is 180 Å². The van der Waals surface area contributed by atoms with Crippen LogP contribution in [0.25, 0.3) is 54.5 Å². The molecule has 0 spiro atoms. The van der Waals surface area contributed by atoms with E-state index in [0.29, 0.717) is 67.8 Å². The maximum atomic E-state index is 15.7. The van der Waals surface area contributed by atoms with E-state index in [4.69, 9.17) is 44.9 Å². The van der Waals surface area contributed by atoms with Gasteiger partial charge in [-0.1, -0.05) is 91.0 Å². The third kappa shape index (κ3) is 22.9. The monoisotopic (exact) mass is 1540 g/mol. The molecule has 34 nitrogen and oxygen atoms in total. The zero-order valence-corrected chi connectivity index (χ0v) is 62.4. The van der Waals surface area contributed by atoms with Gasteiger partial charge in [-0.15, -0.1) is 0 Å². The van der Waals surface area contributed by atoms with Gasteiger partial charge in [0, 0.05) is 131 Å². The highest BCUT2D eigenvalue weighted by molar-refractivity contribution is 6.00. The summed E-state index contributed by atoms with van der Waals surface area (Å²) >= 11 is 0. The highest BCUT2D eigenvalue weighted by atomic mass is 16.4. The highest BCUT2D eigenvalue weighted by Crippen LogP contribution is 2.26. The number of hydrogen-bond donors (Lipinski definition) is 25. The molecule has 8 amide bonds. The third-order valence-corrected chi connectivity index (χ3v) is 19.8. The second-order valence-electron chi connectivity index (χ2n) is 28.0. The van der Waals surface area contributed by atoms with Crippen LogP contribution in [0.2, 0.25) is 0 Å². The number of carbonyl (C=O) groups excluding carboxylic acids is 8. The average molecular weight is 1550 g/mol. The van der Waals surface area contributed by atoms with E-state index in [-0.39, 0.29) is 121 Å². The van der Waals surface area contributed by atoms with Crippen molar-refractivity contribution in [1.29, 1.82) is 16.2 Å². The molecular formula is C79H100N24O10. The van der Waals surface area contributed by atoms with Crippen molar-refractivity contribution < 1.29 is 48.3 Å². The van der Waals surface area contributed by atoms with Gasteiger partial charge >= 0.3 is 5.97 Å². The lowest BCUT2D eigenvalue weighted by Gasteiger charge is -2.28. The Bertz CT molecular complexity index is 5020. The van der Waals surface area contributed by atoms with E-state index >= 15 is 19.2 Å². The number of carboxylic acids is 1. The summed E-state index contributed by atoms with van der Waals surface area (Å²) in [5.74, 6) is -9.01. The molecule has 596 valence electrons. The van der Waals surface area contributed by atoms with Crippen molar-refractivity contribution in [3.8, 4) is 0 Å². The Kier molecular flexibility index (Phi) is 29.1. The number of aliphatic carboxylic acids is 1. The number of hydrogen-bond acceptors (Lipinski definition) is 14. The Morgan fingerprint density at radius 1 is 0.319 bits per heavy atom. The first kappa shape index (κ1) is 82.3. The molecule has 10 rings (SSSR count). The van der Waals surface area contributed by atoms with Crippen LogP contribution < -0.4 is 87.2 Å². The fourth-order valence-corrected chi connectivity index (χ4v) is 13.9. The Morgan fingerprint density at radius 2 is 0.549 bits per heavy atom. The smallest absolute Gasteiger partial charge is 0.326 e. The van der Waals surface area contributed by atoms with Crippen LogP contribution in [-0.2, 0) is 75.3 Å². The molecule has 0 bridgehead atoms. The molecular weight excluding hydrogens is 1450 g/mol. The summed E-state index contributed by atoms with van der Waals surface area (Å²) in [6.45, 7) is 0.495. The first-order chi connectivity index (χ1) is 54.5. The molecule has 5 aromatic heterocycles. The van der Waals surface area contributed by atoms with Crippen molar-refractivity contribution >= 4 is 126 Å². The minimum absolute atomic E-state index is 0.0157. The Hall–Kier alpha value is -13.2. The molecule has 9 atom stereocenters. The number of rotatable bonds is 43. The lowest BCUT2D eigenvalue weighted by atomic mass is 10.00. The number of carbonyl (C=O) groups is 9. The number of nitrogens with two attached hydrogens (primary N) is 5. The fraction of sp³-hybridized carbons (Fsp3) is 0.342. The van der Waals surface area contributed by atoms with Gasteiger partial charge in [0.25, 0.3) is 0 Å². The quantitative estimate of drug-likeness (QED) is 0.0147. The number of aromatic nitrogens is 5. The van der Waals surface area contributed by atoms with E-state index in [9.17, 15) is 29.1 Å². The average Bonchev–Trinajstić information content (AvgIpc) is 1.74. The molecule has 0 aliphatic carbocycles. The van der Waals surface area contributed by atoms with Crippen molar-refractivity contribution in [2.45, 2.75) is 144 Å². The van der Waals surface area contributed by atoms with E-state index in [1.807, 2.05) is 97.1 Å². The Morgan fingerprint density at radius 3 is 0.823 bits per heavy atom. The van der Waals surface area contributed by atoms with Crippen LogP contribution in [0.4, 0.5) is 0 Å². The minimum atomic E-state index is -1.55. The van der Waals surface area contributed by atoms with Crippen LogP contribution in [0, 0.1) is 16.2 Å². The lowest BCUT2D eigenvalue weighted by molar-refractivity contribution is -0.142. The van der Waals surface area contributed by atoms with E-state index in [1.165, 1.54) is 0 Å². The molecule has 113 heavy (non-hydrogen) atoms. The van der Waals surface area contributed by atoms with Crippen LogP contribution in [0.15, 0.2) is 152 Å². The van der Waals surface area contributed by atoms with Crippen molar-refractivity contribution in [3.63, 3.8) is 0 Å². The summed E-state index contributed by atoms with van der Waals surface area (Å²) in [5.41, 5.74) is 36.2. The zero-order valence-electron chi connectivity index (χ0n) is 62.4. The van der Waals surface area contributed by atoms with Gasteiger partial charge in [-0.3, -0.25) is 54.6 Å². The summed E-state index contributed by atoms with van der Waals surface area (Å²) in [7, 11) is 0. The molecule has 0 saturated heterocycles. The molecule has 0 radical (unpaired) electrons. The number of benzene rings is 5. The van der Waals surface area contributed by atoms with Crippen LogP contribution in [0.5, 0.6) is 0 Å². The molecule has 0 aliphatic heterocycles. The molecule has 10 aromatic rings. The number of nitrogens with one attached hydrogen (secondary N) is 19. The van der Waals surface area contributed by atoms with Gasteiger partial charge in [0.2, 0.25) is 47.3 Å². The number of amides is 8. The number of aromatic amines is 5. The first-order valence-electron chi connectivity index (χ1n) is 37.6. The van der Waals surface area contributed by atoms with Crippen molar-refractivity contribution in [1.82, 2.24) is 83.4 Å². The molecule has 34 heteroatoms. The zero-order chi connectivity index (χ0) is 80.5. The molecule has 0 unspecified atom stereocenters. The Balaban J connectivity index is 0.942. The predicted molar refractivity (Wildman–Crippen MR) is 431 cm³/mol. The summed E-state index contributed by atoms with van der Waals surface area (Å²) in [5, 5.41) is 68.2. The molecule has 0 fully saturated rings. The number of guanidine groups is 3. The summed E-state index contributed by atoms with van der Waals surface area (Å²) in [6, 6.07) is 23.8. The topological polar surface area (TPSA) is 587 Å². The largest absolute Gasteiger partial charge is 0.480 e. The lowest BCUT2D eigenvalue weighted by Crippen LogP contribution is -2.61. The molecule has 30 N–H and O–H groups in total. The normalized spacial score (nSPS) is 13.8. The minimum Gasteiger partial charge on any atom is -0.480 e. The molecule has 0 saturated carbocycles. The maximum Gasteiger partial charge on any atom is 0.326 e. The standard InChI is InChI=1S/C79H100N24O10/c80-30-12-11-26-60(69(105)97-63(29-15-33-90-79(86)87)72(108)103-67(76(112)113)38-48-43-95-59-25-10-5-20-53(48)59)98-74(110)65(36-46-41-93-57-23-8-3-18-51(46)57)102-75(111)66(37-47-42-94-58-24-9-4-19-52(47)58)101-71(107)62(28-14-32-89-78(84)85)99-73(109)64(35-45-40-92-56-22-7-2-17-50(45)56)100-70(106)61(27-13-31-88-77(82)83)96-68(104)54(81)34-44-39-91-55-21-6-1-16-49(44)55/h1-10,16-25,39-43,54,60-67,91-95H,11-15,26-38,80-81H2,(H,96,104)(H,97,105)(H,98,110)(H,99,109)(H,100,106)(H,101,107)(H,102,111)(H,103,108)(H,112,113)(H4,82,83,88)(H4,84,85,89)(H4,86,87,90)/t54-,60-,61-,62-,63-,64-,65-,66-,67-/m0/s1. The number of para-hydroxylation sites is 5. The SMILES string of the molecule is N=C(N)NCCC[C@H](NC(=O)[C@H](CCCCN)NC(=O)[C@H](Cc1c[nH]c2ccccc12)NC(=O)[C@H](Cc1c[nH]c2ccccc12)NC(=O)[C@H](CCCNC(=N)N)NC(=O)[C@H](Cc1c[nH]c2ccccc12)NC(=O)[C@H](CCCNC(=N)N)NC(=O)[C@@H](N)Cc1c[nH]c2ccccc12)C(=O)N[C@@H](Cc1c[nH]c2ccccc12)C(=O)O. The fourth-order valence-electron chi connectivity index (χ4n) is 13.9. The summed E-state index contributed by atoms with van der Waals surface area (Å²) < 4.78 is 0. The van der Waals surface area contributed by atoms with Crippen LogP contribution >= 0.6 is 0 Å². The van der Waals surface area contributed by atoms with E-state index in [0.717, 1.165) is 27.4 Å². The van der Waals surface area contributed by atoms with Crippen LogP contribution in [0.3, 0.4) is 0 Å². The highest BCUT2D eigenvalue weighted by Gasteiger charge is 2.37. The second-order valence-corrected chi connectivity index (χ2v) is 28.0. The van der Waals surface area contributed by atoms with Crippen molar-refractivity contribution in [2.75, 3.05) is 26.2 Å². The van der Waals surface area contributed by atoms with Gasteiger partial charge in [0.05, 0.1) is 6.04 Å². The molecule has 5 aromatic carbocycles. The van der Waals surface area contributed by atoms with E-state index in [2.05, 4.69) is 83.4 Å². The van der Waals surface area contributed by atoms with Crippen molar-refractivity contribution in [2.24, 2.45) is 28.7 Å². The number of carboxylic acid groups (broad SMARTS) is 1. The maximum absolute atomic E-state index is 15.7.